The van der Waals surface area contributed by atoms with Crippen LogP contribution in [0.2, 0.25) is 13.1 Å². The molecule has 2 amide bonds. The molecule has 2 aliphatic rings. The molecule has 0 saturated carbocycles. The lowest BCUT2D eigenvalue weighted by atomic mass is 9.86. The monoisotopic (exact) mass is 394 g/mol. The molecule has 1 saturated heterocycles. The van der Waals surface area contributed by atoms with Gasteiger partial charge in [-0.3, -0.25) is 9.69 Å². The van der Waals surface area contributed by atoms with E-state index in [-0.39, 0.29) is 23.5 Å². The Labute approximate surface area is 159 Å². The highest BCUT2D eigenvalue weighted by molar-refractivity contribution is 8.00. The fourth-order valence-corrected chi connectivity index (χ4v) is 4.77. The lowest BCUT2D eigenvalue weighted by Gasteiger charge is -2.35. The van der Waals surface area contributed by atoms with E-state index in [4.69, 9.17) is 9.16 Å². The van der Waals surface area contributed by atoms with Crippen LogP contribution in [0.5, 0.6) is 0 Å². The minimum atomic E-state index is -0.944. The van der Waals surface area contributed by atoms with Crippen LogP contribution >= 0.6 is 11.8 Å². The first-order valence-corrected chi connectivity index (χ1v) is 11.9. The van der Waals surface area contributed by atoms with E-state index in [1.807, 2.05) is 6.07 Å². The van der Waals surface area contributed by atoms with Gasteiger partial charge in [0.25, 0.3) is 0 Å². The largest absolute Gasteiger partial charge is 0.441 e. The van der Waals surface area contributed by atoms with Crippen LogP contribution in [0.15, 0.2) is 17.0 Å². The van der Waals surface area contributed by atoms with Crippen molar-refractivity contribution in [2.45, 2.75) is 51.0 Å². The number of fused-ring (bicyclic) bond motifs is 1. The van der Waals surface area contributed by atoms with Crippen LogP contribution in [0.4, 0.5) is 16.4 Å². The number of amides is 2. The highest BCUT2D eigenvalue weighted by Crippen LogP contribution is 2.35. The molecule has 141 valence electrons. The van der Waals surface area contributed by atoms with Gasteiger partial charge in [-0.2, -0.15) is 0 Å². The molecule has 0 aromatic carbocycles. The Hall–Kier alpha value is -1.58. The maximum atomic E-state index is 12.5. The van der Waals surface area contributed by atoms with Crippen molar-refractivity contribution in [2.75, 3.05) is 22.5 Å². The van der Waals surface area contributed by atoms with E-state index < -0.39 is 15.1 Å². The van der Waals surface area contributed by atoms with E-state index in [9.17, 15) is 9.59 Å². The molecule has 1 aromatic heterocycles. The second-order valence-electron chi connectivity index (χ2n) is 7.70. The van der Waals surface area contributed by atoms with Crippen molar-refractivity contribution in [1.29, 1.82) is 0 Å². The molecule has 1 fully saturated rings. The van der Waals surface area contributed by atoms with Crippen molar-refractivity contribution in [3.05, 3.63) is 12.1 Å². The number of hydrogen-bond donors (Lipinski definition) is 1. The number of thioether (sulfide) groups is 1. The van der Waals surface area contributed by atoms with E-state index in [2.05, 4.69) is 44.2 Å². The Morgan fingerprint density at radius 2 is 2.12 bits per heavy atom. The van der Waals surface area contributed by atoms with E-state index in [1.165, 1.54) is 16.7 Å². The molecule has 0 bridgehead atoms. The number of pyridine rings is 1. The minimum absolute atomic E-state index is 0.0872. The molecule has 2 aliphatic heterocycles. The zero-order chi connectivity index (χ0) is 19.1. The molecule has 2 atom stereocenters. The van der Waals surface area contributed by atoms with E-state index in [0.29, 0.717) is 23.9 Å². The third kappa shape index (κ3) is 4.05. The molecule has 7 nitrogen and oxygen atoms in total. The predicted molar refractivity (Wildman–Crippen MR) is 103 cm³/mol. The fraction of sp³-hybridized carbons (Fsp3) is 0.588. The molecule has 0 aliphatic carbocycles. The van der Waals surface area contributed by atoms with Gasteiger partial charge in [0.2, 0.25) is 14.9 Å². The van der Waals surface area contributed by atoms with Gasteiger partial charge in [-0.15, -0.1) is 11.8 Å². The number of carbonyl (C=O) groups is 2. The maximum absolute atomic E-state index is 12.5. The highest BCUT2D eigenvalue weighted by atomic mass is 32.2. The van der Waals surface area contributed by atoms with E-state index in [1.54, 1.807) is 6.07 Å². The Morgan fingerprint density at radius 1 is 1.38 bits per heavy atom. The smallest absolute Gasteiger partial charge is 0.416 e. The highest BCUT2D eigenvalue weighted by Gasteiger charge is 2.43. The van der Waals surface area contributed by atoms with Crippen LogP contribution in [0.3, 0.4) is 0 Å². The van der Waals surface area contributed by atoms with Crippen LogP contribution in [-0.4, -0.2) is 50.5 Å². The van der Waals surface area contributed by atoms with Crippen molar-refractivity contribution < 1.29 is 18.8 Å². The normalized spacial score (nSPS) is 21.5. The predicted octanol–water partition coefficient (Wildman–Crippen LogP) is 3.13. The number of carbonyl (C=O) groups excluding carboxylic acids is 2. The molecule has 3 heterocycles. The first-order valence-electron chi connectivity index (χ1n) is 8.54. The molecule has 1 radical (unpaired) electrons. The molecule has 26 heavy (non-hydrogen) atoms. The van der Waals surface area contributed by atoms with Gasteiger partial charge in [-0.25, -0.2) is 9.78 Å². The molecular weight excluding hydrogens is 370 g/mol. The number of rotatable bonds is 4. The van der Waals surface area contributed by atoms with Crippen LogP contribution in [-0.2, 0) is 14.0 Å². The summed E-state index contributed by atoms with van der Waals surface area (Å²) < 4.78 is 11.8. The average Bonchev–Trinajstić information content (AvgIpc) is 2.92. The standard InChI is InChI=1S/C17H24N3O4SSi/c1-17(2,3)14(24-26(4)5)10-8-20(16(22)23-10)12-7-6-11-15(18-12)19-13(21)9-25-11/h6-7,10,14H,8-9H2,1-5H3,(H,18,19,21)/t10-,14?/m1/s1. The van der Waals surface area contributed by atoms with Crippen molar-refractivity contribution in [3.8, 4) is 0 Å². The van der Waals surface area contributed by atoms with Crippen molar-refractivity contribution >= 4 is 44.4 Å². The van der Waals surface area contributed by atoms with Crippen LogP contribution < -0.4 is 10.2 Å². The Balaban J connectivity index is 1.81. The quantitative estimate of drug-likeness (QED) is 0.790. The van der Waals surface area contributed by atoms with Crippen LogP contribution in [0, 0.1) is 5.41 Å². The summed E-state index contributed by atoms with van der Waals surface area (Å²) in [5.41, 5.74) is -0.156. The fourth-order valence-electron chi connectivity index (χ4n) is 3.00. The van der Waals surface area contributed by atoms with Gasteiger partial charge >= 0.3 is 6.09 Å². The number of ether oxygens (including phenoxy) is 1. The van der Waals surface area contributed by atoms with Gasteiger partial charge in [0, 0.05) is 0 Å². The number of cyclic esters (lactones) is 1. The lowest BCUT2D eigenvalue weighted by Crippen LogP contribution is -2.44. The first-order chi connectivity index (χ1) is 12.1. The van der Waals surface area contributed by atoms with Gasteiger partial charge < -0.3 is 14.5 Å². The average molecular weight is 395 g/mol. The summed E-state index contributed by atoms with van der Waals surface area (Å²) in [5.74, 6) is 1.27. The maximum Gasteiger partial charge on any atom is 0.416 e. The van der Waals surface area contributed by atoms with E-state index in [0.717, 1.165) is 4.90 Å². The molecule has 9 heteroatoms. The van der Waals surface area contributed by atoms with Gasteiger partial charge in [0.1, 0.15) is 17.7 Å². The van der Waals surface area contributed by atoms with E-state index >= 15 is 0 Å². The second kappa shape index (κ2) is 7.20. The molecule has 1 N–H and O–H groups in total. The number of hydrogen-bond acceptors (Lipinski definition) is 6. The molecule has 0 spiro atoms. The molecular formula is C17H24N3O4SSi. The summed E-state index contributed by atoms with van der Waals surface area (Å²) in [6.07, 6.45) is -0.978. The van der Waals surface area contributed by atoms with Gasteiger partial charge in [-0.1, -0.05) is 20.8 Å². The zero-order valence-electron chi connectivity index (χ0n) is 15.7. The number of nitrogens with zero attached hydrogens (tertiary/aromatic N) is 2. The number of nitrogens with one attached hydrogen (secondary N) is 1. The van der Waals surface area contributed by atoms with Gasteiger partial charge in [0.05, 0.1) is 23.3 Å². The summed E-state index contributed by atoms with van der Waals surface area (Å²) in [4.78, 5) is 30.9. The topological polar surface area (TPSA) is 80.8 Å². The number of aromatic nitrogens is 1. The Morgan fingerprint density at radius 3 is 2.77 bits per heavy atom. The summed E-state index contributed by atoms with van der Waals surface area (Å²) >= 11 is 1.44. The second-order valence-corrected chi connectivity index (χ2v) is 10.8. The zero-order valence-corrected chi connectivity index (χ0v) is 17.5. The molecule has 1 unspecified atom stereocenters. The lowest BCUT2D eigenvalue weighted by molar-refractivity contribution is -0.113. The summed E-state index contributed by atoms with van der Waals surface area (Å²) in [6.45, 7) is 10.8. The Kier molecular flexibility index (Phi) is 5.32. The van der Waals surface area contributed by atoms with Crippen LogP contribution in [0.1, 0.15) is 20.8 Å². The number of anilines is 2. The summed E-state index contributed by atoms with van der Waals surface area (Å²) in [6, 6.07) is 3.66. The van der Waals surface area contributed by atoms with Crippen LogP contribution in [0.25, 0.3) is 0 Å². The van der Waals surface area contributed by atoms with Crippen molar-refractivity contribution in [1.82, 2.24) is 4.98 Å². The van der Waals surface area contributed by atoms with Gasteiger partial charge in [-0.05, 0) is 30.6 Å². The first kappa shape index (κ1) is 19.2. The van der Waals surface area contributed by atoms with Gasteiger partial charge in [0.15, 0.2) is 0 Å². The summed E-state index contributed by atoms with van der Waals surface area (Å²) in [5, 5.41) is 2.75. The Bertz CT molecular complexity index is 722. The minimum Gasteiger partial charge on any atom is -0.441 e. The summed E-state index contributed by atoms with van der Waals surface area (Å²) in [7, 11) is -0.944. The third-order valence-electron chi connectivity index (χ3n) is 4.13. The third-order valence-corrected chi connectivity index (χ3v) is 5.90. The van der Waals surface area contributed by atoms with Crippen molar-refractivity contribution in [2.24, 2.45) is 5.41 Å². The SMILES string of the molecule is C[Si](C)OC([C@H]1CN(c2ccc3c(n2)NC(=O)CS3)C(=O)O1)C(C)(C)C. The molecule has 3 rings (SSSR count). The van der Waals surface area contributed by atoms with Crippen molar-refractivity contribution in [3.63, 3.8) is 0 Å². The molecule has 1 aromatic rings.